The van der Waals surface area contributed by atoms with Crippen molar-refractivity contribution in [3.8, 4) is 0 Å². The van der Waals surface area contributed by atoms with E-state index in [4.69, 9.17) is 21.5 Å². The van der Waals surface area contributed by atoms with Crippen LogP contribution in [0.5, 0.6) is 0 Å². The number of carboxylic acid groups (broad SMARTS) is 1. The fourth-order valence-corrected chi connectivity index (χ4v) is 5.67. The highest BCUT2D eigenvalue weighted by atomic mass is 35.5. The van der Waals surface area contributed by atoms with E-state index in [0.29, 0.717) is 43.3 Å². The van der Waals surface area contributed by atoms with Crippen LogP contribution in [0.2, 0.25) is 5.02 Å². The van der Waals surface area contributed by atoms with Gasteiger partial charge >= 0.3 is 12.1 Å². The van der Waals surface area contributed by atoms with Crippen molar-refractivity contribution in [2.24, 2.45) is 0 Å². The van der Waals surface area contributed by atoms with E-state index in [0.717, 1.165) is 25.9 Å². The number of amides is 1. The van der Waals surface area contributed by atoms with Gasteiger partial charge in [0.05, 0.1) is 5.75 Å². The van der Waals surface area contributed by atoms with Crippen LogP contribution in [0, 0.1) is 0 Å². The number of carbonyl (C=O) groups is 2. The maximum atomic E-state index is 13.2. The molecule has 0 aliphatic carbocycles. The van der Waals surface area contributed by atoms with Crippen LogP contribution in [0.25, 0.3) is 0 Å². The number of alkyl halides is 3. The standard InChI is InChI=1S/C20H31ClN4O3S.C2HF3O2/c1-2-23-11-3-4-19(23)16-24(20(26)17-5-7-18(21)8-6-17)14-15-29(27,28)25-12-9-22-10-13-25;3-2(4,5)1(6)7/h5-8,19,22H,2-4,9-16H2,1H3;(H,6,7). The smallest absolute Gasteiger partial charge is 0.475 e. The number of nitrogens with zero attached hydrogens (tertiary/aromatic N) is 3. The first-order valence-corrected chi connectivity index (χ1v) is 13.6. The lowest BCUT2D eigenvalue weighted by atomic mass is 10.1. The zero-order valence-electron chi connectivity index (χ0n) is 20.0. The molecule has 2 heterocycles. The molecule has 0 spiro atoms. The maximum absolute atomic E-state index is 13.2. The minimum absolute atomic E-state index is 0.0504. The molecule has 9 nitrogen and oxygen atoms in total. The normalized spacial score (nSPS) is 19.4. The number of rotatable bonds is 8. The third-order valence-corrected chi connectivity index (χ3v) is 8.15. The van der Waals surface area contributed by atoms with Gasteiger partial charge in [-0.1, -0.05) is 18.5 Å². The van der Waals surface area contributed by atoms with Gasteiger partial charge in [0.2, 0.25) is 10.0 Å². The van der Waals surface area contributed by atoms with Crippen LogP contribution in [-0.4, -0.2) is 110 Å². The molecule has 1 atom stereocenters. The Balaban J connectivity index is 0.000000572. The molecule has 2 N–H and O–H groups in total. The summed E-state index contributed by atoms with van der Waals surface area (Å²) >= 11 is 5.96. The van der Waals surface area contributed by atoms with Crippen LogP contribution in [0.1, 0.15) is 30.1 Å². The van der Waals surface area contributed by atoms with Crippen molar-refractivity contribution < 1.29 is 36.3 Å². The van der Waals surface area contributed by atoms with Gasteiger partial charge < -0.3 is 15.3 Å². The van der Waals surface area contributed by atoms with Crippen LogP contribution < -0.4 is 5.32 Å². The minimum Gasteiger partial charge on any atom is -0.475 e. The largest absolute Gasteiger partial charge is 0.490 e. The zero-order chi connectivity index (χ0) is 26.9. The van der Waals surface area contributed by atoms with Crippen molar-refractivity contribution in [2.75, 3.05) is 58.1 Å². The van der Waals surface area contributed by atoms with E-state index in [-0.39, 0.29) is 24.2 Å². The molecule has 0 aromatic heterocycles. The maximum Gasteiger partial charge on any atom is 0.490 e. The van der Waals surface area contributed by atoms with E-state index in [1.807, 2.05) is 0 Å². The van der Waals surface area contributed by atoms with E-state index < -0.39 is 22.2 Å². The summed E-state index contributed by atoms with van der Waals surface area (Å²) in [6.45, 7) is 7.14. The minimum atomic E-state index is -5.08. The third kappa shape index (κ3) is 9.18. The molecule has 0 bridgehead atoms. The van der Waals surface area contributed by atoms with E-state index >= 15 is 0 Å². The van der Waals surface area contributed by atoms with E-state index in [1.54, 1.807) is 29.2 Å². The number of sulfonamides is 1. The lowest BCUT2D eigenvalue weighted by molar-refractivity contribution is -0.192. The molecular weight excluding hydrogens is 525 g/mol. The van der Waals surface area contributed by atoms with Crippen LogP contribution in [-0.2, 0) is 14.8 Å². The number of likely N-dealkylation sites (N-methyl/N-ethyl adjacent to an activating group) is 1. The summed E-state index contributed by atoms with van der Waals surface area (Å²) in [6, 6.07) is 7.07. The van der Waals surface area contributed by atoms with Crippen LogP contribution in [0.4, 0.5) is 13.2 Å². The third-order valence-electron chi connectivity index (χ3n) is 6.05. The molecule has 1 unspecified atom stereocenters. The quantitative estimate of drug-likeness (QED) is 0.505. The molecule has 204 valence electrons. The van der Waals surface area contributed by atoms with E-state index in [2.05, 4.69) is 17.1 Å². The summed E-state index contributed by atoms with van der Waals surface area (Å²) in [4.78, 5) is 26.2. The van der Waals surface area contributed by atoms with Crippen molar-refractivity contribution in [3.05, 3.63) is 34.9 Å². The van der Waals surface area contributed by atoms with Gasteiger partial charge in [0.1, 0.15) is 0 Å². The van der Waals surface area contributed by atoms with Gasteiger partial charge in [0.15, 0.2) is 0 Å². The Labute approximate surface area is 214 Å². The summed E-state index contributed by atoms with van der Waals surface area (Å²) in [7, 11) is -3.39. The molecule has 2 aliphatic rings. The fraction of sp³-hybridized carbons (Fsp3) is 0.636. The number of hydrogen-bond acceptors (Lipinski definition) is 6. The van der Waals surface area contributed by atoms with Gasteiger partial charge in [-0.05, 0) is 50.2 Å². The second-order valence-electron chi connectivity index (χ2n) is 8.45. The van der Waals surface area contributed by atoms with Crippen molar-refractivity contribution in [3.63, 3.8) is 0 Å². The predicted molar refractivity (Wildman–Crippen MR) is 130 cm³/mol. The molecular formula is C22H32ClF3N4O5S. The second-order valence-corrected chi connectivity index (χ2v) is 11.0. The SMILES string of the molecule is CCN1CCCC1CN(CCS(=O)(=O)N1CCNCC1)C(=O)c1ccc(Cl)cc1.O=C(O)C(F)(F)F. The number of carbonyl (C=O) groups excluding carboxylic acids is 1. The summed E-state index contributed by atoms with van der Waals surface area (Å²) < 4.78 is 58.8. The molecule has 36 heavy (non-hydrogen) atoms. The Morgan fingerprint density at radius 1 is 1.17 bits per heavy atom. The van der Waals surface area contributed by atoms with Crippen LogP contribution in [0.3, 0.4) is 0 Å². The number of likely N-dealkylation sites (tertiary alicyclic amines) is 1. The van der Waals surface area contributed by atoms with Gasteiger partial charge in [-0.25, -0.2) is 13.2 Å². The number of halogens is 4. The Hall–Kier alpha value is -1.93. The molecule has 0 radical (unpaired) electrons. The van der Waals surface area contributed by atoms with Crippen molar-refractivity contribution in [1.29, 1.82) is 0 Å². The van der Waals surface area contributed by atoms with E-state index in [1.165, 1.54) is 4.31 Å². The Morgan fingerprint density at radius 2 is 1.75 bits per heavy atom. The highest BCUT2D eigenvalue weighted by Gasteiger charge is 2.38. The number of nitrogens with one attached hydrogen (secondary N) is 1. The monoisotopic (exact) mass is 556 g/mol. The highest BCUT2D eigenvalue weighted by molar-refractivity contribution is 7.89. The molecule has 14 heteroatoms. The fourth-order valence-electron chi connectivity index (χ4n) is 4.10. The zero-order valence-corrected chi connectivity index (χ0v) is 21.6. The summed E-state index contributed by atoms with van der Waals surface area (Å²) in [5.74, 6) is -2.95. The highest BCUT2D eigenvalue weighted by Crippen LogP contribution is 2.20. The molecule has 1 aromatic rings. The lowest BCUT2D eigenvalue weighted by Gasteiger charge is -2.32. The average Bonchev–Trinajstić information content (AvgIpc) is 3.29. The first-order valence-electron chi connectivity index (χ1n) is 11.6. The molecule has 2 aliphatic heterocycles. The van der Waals surface area contributed by atoms with Gasteiger partial charge in [-0.2, -0.15) is 17.5 Å². The first kappa shape index (κ1) is 30.3. The van der Waals surface area contributed by atoms with Crippen LogP contribution >= 0.6 is 11.6 Å². The van der Waals surface area contributed by atoms with Gasteiger partial charge in [-0.15, -0.1) is 0 Å². The number of aliphatic carboxylic acids is 1. The van der Waals surface area contributed by atoms with Gasteiger partial charge in [0, 0.05) is 55.9 Å². The number of benzene rings is 1. The number of carboxylic acids is 1. The van der Waals surface area contributed by atoms with Crippen LogP contribution in [0.15, 0.2) is 24.3 Å². The molecule has 0 saturated carbocycles. The summed E-state index contributed by atoms with van der Waals surface area (Å²) in [5.41, 5.74) is 0.537. The number of piperazine rings is 1. The summed E-state index contributed by atoms with van der Waals surface area (Å²) in [5, 5.41) is 10.9. The predicted octanol–water partition coefficient (Wildman–Crippen LogP) is 2.13. The van der Waals surface area contributed by atoms with Crippen molar-refractivity contribution in [1.82, 2.24) is 19.4 Å². The molecule has 2 fully saturated rings. The van der Waals surface area contributed by atoms with Gasteiger partial charge in [-0.3, -0.25) is 9.69 Å². The Bertz CT molecular complexity index is 973. The molecule has 3 rings (SSSR count). The lowest BCUT2D eigenvalue weighted by Crippen LogP contribution is -2.49. The average molecular weight is 557 g/mol. The topological polar surface area (TPSA) is 110 Å². The molecule has 1 aromatic carbocycles. The Morgan fingerprint density at radius 3 is 2.28 bits per heavy atom. The molecule has 2 saturated heterocycles. The summed E-state index contributed by atoms with van der Waals surface area (Å²) in [6.07, 6.45) is -2.94. The van der Waals surface area contributed by atoms with Crippen molar-refractivity contribution in [2.45, 2.75) is 32.0 Å². The number of hydrogen-bond donors (Lipinski definition) is 2. The first-order chi connectivity index (χ1) is 16.8. The van der Waals surface area contributed by atoms with Crippen molar-refractivity contribution >= 4 is 33.5 Å². The Kier molecular flexibility index (Phi) is 11.4. The molecule has 1 amide bonds. The van der Waals surface area contributed by atoms with Gasteiger partial charge in [0.25, 0.3) is 5.91 Å². The second kappa shape index (κ2) is 13.6. The van der Waals surface area contributed by atoms with E-state index in [9.17, 15) is 26.4 Å².